The van der Waals surface area contributed by atoms with Crippen LogP contribution in [0.1, 0.15) is 31.7 Å². The van der Waals surface area contributed by atoms with E-state index in [0.29, 0.717) is 6.54 Å². The van der Waals surface area contributed by atoms with Crippen LogP contribution in [0.5, 0.6) is 0 Å². The van der Waals surface area contributed by atoms with Crippen molar-refractivity contribution in [3.8, 4) is 0 Å². The zero-order chi connectivity index (χ0) is 24.7. The molecule has 1 aromatic carbocycles. The normalized spacial score (nSPS) is 45.3. The molecule has 0 bridgehead atoms. The zero-order valence-electron chi connectivity index (χ0n) is 20.2. The largest absolute Gasteiger partial charge is 0.390 e. The van der Waals surface area contributed by atoms with Crippen molar-refractivity contribution in [1.29, 1.82) is 0 Å². The third kappa shape index (κ3) is 4.41. The first-order valence-corrected chi connectivity index (χ1v) is 12.0. The summed E-state index contributed by atoms with van der Waals surface area (Å²) in [5, 5.41) is 54.3. The Morgan fingerprint density at radius 3 is 2.32 bits per heavy atom. The Kier molecular flexibility index (Phi) is 7.66. The first-order valence-electron chi connectivity index (χ1n) is 12.0. The van der Waals surface area contributed by atoms with E-state index in [2.05, 4.69) is 35.0 Å². The van der Waals surface area contributed by atoms with Crippen molar-refractivity contribution in [3.63, 3.8) is 0 Å². The van der Waals surface area contributed by atoms with Crippen LogP contribution in [0.15, 0.2) is 30.3 Å². The monoisotopic (exact) mass is 481 g/mol. The molecule has 2 heterocycles. The maximum atomic E-state index is 11.7. The summed E-state index contributed by atoms with van der Waals surface area (Å²) in [4.78, 5) is 0. The van der Waals surface area contributed by atoms with Crippen molar-refractivity contribution < 1.29 is 34.6 Å². The van der Waals surface area contributed by atoms with Gasteiger partial charge in [0.15, 0.2) is 0 Å². The molecular weight excluding hydrogens is 442 g/mol. The summed E-state index contributed by atoms with van der Waals surface area (Å²) in [5.74, 6) is -2.01. The number of benzene rings is 1. The number of hydrogen-bond acceptors (Lipinski definition) is 10. The van der Waals surface area contributed by atoms with Gasteiger partial charge in [0.25, 0.3) is 0 Å². The second kappa shape index (κ2) is 10.1. The Morgan fingerprint density at radius 2 is 1.68 bits per heavy atom. The minimum atomic E-state index is -2.20. The molecular formula is C24H39N3O7. The van der Waals surface area contributed by atoms with Crippen LogP contribution in [0.2, 0.25) is 0 Å². The van der Waals surface area contributed by atoms with Gasteiger partial charge in [0.1, 0.15) is 23.9 Å². The van der Waals surface area contributed by atoms with Crippen molar-refractivity contribution in [2.45, 2.75) is 86.5 Å². The van der Waals surface area contributed by atoms with E-state index < -0.39 is 60.3 Å². The minimum Gasteiger partial charge on any atom is -0.390 e. The SMILES string of the molecule is CNC1[C@H]2OC3(O)C(OC2[C@@H](O)[C@H](NC)[C@@H]1O)O[C@H](C)CC3(O)CNCC(C)c1ccccc1. The fourth-order valence-electron chi connectivity index (χ4n) is 5.62. The third-order valence-corrected chi connectivity index (χ3v) is 7.59. The smallest absolute Gasteiger partial charge is 0.249 e. The van der Waals surface area contributed by atoms with Crippen LogP contribution in [0, 0.1) is 0 Å². The van der Waals surface area contributed by atoms with Gasteiger partial charge < -0.3 is 50.6 Å². The maximum Gasteiger partial charge on any atom is 0.249 e. The van der Waals surface area contributed by atoms with Crippen molar-refractivity contribution in [3.05, 3.63) is 35.9 Å². The highest BCUT2D eigenvalue weighted by Crippen LogP contribution is 2.46. The lowest BCUT2D eigenvalue weighted by Crippen LogP contribution is -2.81. The number of rotatable bonds is 7. The molecule has 1 saturated carbocycles. The lowest BCUT2D eigenvalue weighted by atomic mass is 9.77. The average Bonchev–Trinajstić information content (AvgIpc) is 2.80. The summed E-state index contributed by atoms with van der Waals surface area (Å²) < 4.78 is 18.0. The van der Waals surface area contributed by atoms with Crippen LogP contribution < -0.4 is 16.0 Å². The van der Waals surface area contributed by atoms with E-state index in [-0.39, 0.29) is 18.9 Å². The molecule has 0 aromatic heterocycles. The first kappa shape index (κ1) is 25.9. The summed E-state index contributed by atoms with van der Waals surface area (Å²) in [6.45, 7) is 4.50. The molecule has 34 heavy (non-hydrogen) atoms. The summed E-state index contributed by atoms with van der Waals surface area (Å²) >= 11 is 0. The molecule has 0 radical (unpaired) electrons. The number of nitrogens with one attached hydrogen (secondary N) is 3. The van der Waals surface area contributed by atoms with Gasteiger partial charge in [-0.25, -0.2) is 0 Å². The predicted molar refractivity (Wildman–Crippen MR) is 124 cm³/mol. The van der Waals surface area contributed by atoms with Crippen molar-refractivity contribution in [1.82, 2.24) is 16.0 Å². The van der Waals surface area contributed by atoms with Crippen LogP contribution in [0.4, 0.5) is 0 Å². The van der Waals surface area contributed by atoms with Gasteiger partial charge in [-0.15, -0.1) is 0 Å². The number of aliphatic hydroxyl groups excluding tert-OH is 2. The Balaban J connectivity index is 1.53. The molecule has 10 heteroatoms. The Morgan fingerprint density at radius 1 is 1.00 bits per heavy atom. The molecule has 2 saturated heterocycles. The Hall–Kier alpha value is -1.18. The molecule has 3 aliphatic rings. The highest BCUT2D eigenvalue weighted by atomic mass is 16.8. The molecule has 4 rings (SSSR count). The molecule has 192 valence electrons. The summed E-state index contributed by atoms with van der Waals surface area (Å²) in [6.07, 6.45) is -5.56. The molecule has 1 aliphatic carbocycles. The van der Waals surface area contributed by atoms with Gasteiger partial charge in [0.2, 0.25) is 12.1 Å². The second-order valence-electron chi connectivity index (χ2n) is 9.95. The van der Waals surface area contributed by atoms with Crippen molar-refractivity contribution in [2.24, 2.45) is 0 Å². The van der Waals surface area contributed by atoms with Crippen LogP contribution in [-0.4, -0.2) is 108 Å². The van der Waals surface area contributed by atoms with E-state index in [1.807, 2.05) is 18.2 Å². The van der Waals surface area contributed by atoms with Crippen molar-refractivity contribution in [2.75, 3.05) is 27.2 Å². The molecule has 7 N–H and O–H groups in total. The molecule has 0 amide bonds. The topological polar surface area (TPSA) is 145 Å². The van der Waals surface area contributed by atoms with Crippen LogP contribution in [0.25, 0.3) is 0 Å². The van der Waals surface area contributed by atoms with Crippen molar-refractivity contribution >= 4 is 0 Å². The van der Waals surface area contributed by atoms with Gasteiger partial charge in [-0.2, -0.15) is 0 Å². The lowest BCUT2D eigenvalue weighted by molar-refractivity contribution is -0.482. The van der Waals surface area contributed by atoms with Gasteiger partial charge >= 0.3 is 0 Å². The molecule has 10 nitrogen and oxygen atoms in total. The molecule has 0 spiro atoms. The Labute approximate surface area is 200 Å². The zero-order valence-corrected chi connectivity index (χ0v) is 20.2. The number of ether oxygens (including phenoxy) is 3. The van der Waals surface area contributed by atoms with Gasteiger partial charge in [0.05, 0.1) is 24.3 Å². The van der Waals surface area contributed by atoms with Crippen LogP contribution in [-0.2, 0) is 14.2 Å². The number of likely N-dealkylation sites (N-methyl/N-ethyl adjacent to an activating group) is 2. The van der Waals surface area contributed by atoms with E-state index >= 15 is 0 Å². The Bertz CT molecular complexity index is 819. The van der Waals surface area contributed by atoms with E-state index in [0.717, 1.165) is 0 Å². The predicted octanol–water partition coefficient (Wildman–Crippen LogP) is -1.37. The average molecular weight is 482 g/mol. The number of fused-ring (bicyclic) bond motifs is 2. The van der Waals surface area contributed by atoms with Gasteiger partial charge in [0, 0.05) is 19.5 Å². The van der Waals surface area contributed by atoms with Crippen LogP contribution in [0.3, 0.4) is 0 Å². The molecule has 2 aliphatic heterocycles. The summed E-state index contributed by atoms with van der Waals surface area (Å²) in [7, 11) is 3.30. The molecule has 1 aromatic rings. The molecule has 3 fully saturated rings. The standard InChI is InChI=1S/C24H39N3O7/c1-13(15-8-6-5-7-9-15)11-27-12-23(30)10-14(2)32-22-24(23,31)34-20-17(26-4)18(28)16(25-3)19(29)21(20)33-22/h5-9,13-14,16-22,25-31H,10-12H2,1-4H3/t13?,14-,16-,17?,18+,19+,20-,21?,22?,23?,24?/m1/s1. The minimum absolute atomic E-state index is 0.0418. The second-order valence-corrected chi connectivity index (χ2v) is 9.95. The summed E-state index contributed by atoms with van der Waals surface area (Å²) in [6, 6.07) is 8.71. The maximum absolute atomic E-state index is 11.7. The van der Waals surface area contributed by atoms with E-state index in [1.165, 1.54) is 5.56 Å². The molecule has 6 unspecified atom stereocenters. The fraction of sp³-hybridized carbons (Fsp3) is 0.750. The number of aliphatic hydroxyl groups is 4. The van der Waals surface area contributed by atoms with Gasteiger partial charge in [-0.1, -0.05) is 37.3 Å². The fourth-order valence-corrected chi connectivity index (χ4v) is 5.62. The van der Waals surface area contributed by atoms with E-state index in [9.17, 15) is 20.4 Å². The molecule has 11 atom stereocenters. The van der Waals surface area contributed by atoms with E-state index in [1.54, 1.807) is 21.0 Å². The van der Waals surface area contributed by atoms with Gasteiger partial charge in [-0.3, -0.25) is 0 Å². The lowest BCUT2D eigenvalue weighted by Gasteiger charge is -2.60. The third-order valence-electron chi connectivity index (χ3n) is 7.59. The van der Waals surface area contributed by atoms with Gasteiger partial charge in [-0.05, 0) is 32.5 Å². The van der Waals surface area contributed by atoms with Crippen LogP contribution >= 0.6 is 0 Å². The summed E-state index contributed by atoms with van der Waals surface area (Å²) in [5.41, 5.74) is -0.565. The highest BCUT2D eigenvalue weighted by molar-refractivity contribution is 5.19. The quantitative estimate of drug-likeness (QED) is 0.249. The highest BCUT2D eigenvalue weighted by Gasteiger charge is 2.68. The number of hydrogen-bond donors (Lipinski definition) is 7. The first-order chi connectivity index (χ1) is 16.1. The van der Waals surface area contributed by atoms with E-state index in [4.69, 9.17) is 14.2 Å².